The molecule has 0 unspecified atom stereocenters. The molecule has 1 heterocycles. The summed E-state index contributed by atoms with van der Waals surface area (Å²) in [6, 6.07) is 58.2. The lowest BCUT2D eigenvalue weighted by Crippen LogP contribution is -2.32. The molecule has 6 aromatic rings. The molecule has 1 aliphatic rings. The van der Waals surface area contributed by atoms with E-state index in [1.54, 1.807) is 0 Å². The molecule has 0 bridgehead atoms. The molecule has 0 atom stereocenters. The molecule has 1 fully saturated rings. The molecule has 48 heavy (non-hydrogen) atoms. The van der Waals surface area contributed by atoms with E-state index in [0.717, 1.165) is 44.1 Å². The van der Waals surface area contributed by atoms with Crippen molar-refractivity contribution >= 4 is 62.6 Å². The van der Waals surface area contributed by atoms with Crippen LogP contribution in [0.5, 0.6) is 0 Å². The Hall–Kier alpha value is -4.62. The Bertz CT molecular complexity index is 1690. The van der Waals surface area contributed by atoms with Crippen LogP contribution < -0.4 is 15.3 Å². The molecular formula is C42H42BBrN2O2. The van der Waals surface area contributed by atoms with Crippen molar-refractivity contribution in [1.82, 2.24) is 0 Å². The summed E-state index contributed by atoms with van der Waals surface area (Å²) in [7, 11) is -0.265. The Kier molecular flexibility index (Phi) is 13.5. The van der Waals surface area contributed by atoms with Gasteiger partial charge in [0, 0.05) is 38.6 Å². The molecule has 0 amide bonds. The van der Waals surface area contributed by atoms with E-state index in [2.05, 4.69) is 173 Å². The molecule has 242 valence electrons. The molecule has 0 radical (unpaired) electrons. The number of unbranched alkanes of at least 4 members (excludes halogenated alkanes) is 1. The normalized spacial score (nSPS) is 11.9. The van der Waals surface area contributed by atoms with Gasteiger partial charge in [0.25, 0.3) is 0 Å². The molecule has 0 saturated carbocycles. The van der Waals surface area contributed by atoms with Crippen molar-refractivity contribution in [2.75, 3.05) is 23.0 Å². The van der Waals surface area contributed by atoms with E-state index in [1.165, 1.54) is 12.8 Å². The van der Waals surface area contributed by atoms with Gasteiger partial charge < -0.3 is 19.1 Å². The Morgan fingerprint density at radius 1 is 0.458 bits per heavy atom. The van der Waals surface area contributed by atoms with Crippen molar-refractivity contribution in [2.24, 2.45) is 0 Å². The quantitative estimate of drug-likeness (QED) is 0.148. The standard InChI is InChI=1S/C20H18BNO2.C18H14BrN.C4H10/c1-3-9-18(10-4-1)22(19-11-5-2-6-12-19)20-13-7-8-17(16-20)21-23-14-15-24-21;19-15-8-7-13-18(14-15)20(16-9-3-1-4-10-16)17-11-5-2-6-12-17;1-3-4-2/h1-13,16H,14-15H2;1-14H;3-4H2,1-2H3. The van der Waals surface area contributed by atoms with Gasteiger partial charge in [-0.15, -0.1) is 0 Å². The fourth-order valence-corrected chi connectivity index (χ4v) is 5.57. The van der Waals surface area contributed by atoms with Crippen molar-refractivity contribution < 1.29 is 9.31 Å². The second-order valence-corrected chi connectivity index (χ2v) is 12.1. The molecule has 0 N–H and O–H groups in total. The zero-order valence-electron chi connectivity index (χ0n) is 27.7. The first-order valence-corrected chi connectivity index (χ1v) is 17.4. The van der Waals surface area contributed by atoms with Crippen LogP contribution in [-0.4, -0.2) is 20.3 Å². The third-order valence-corrected chi connectivity index (χ3v) is 8.14. The van der Waals surface area contributed by atoms with Gasteiger partial charge in [0.1, 0.15) is 0 Å². The molecule has 1 saturated heterocycles. The molecular weight excluding hydrogens is 655 g/mol. The second-order valence-electron chi connectivity index (χ2n) is 11.2. The minimum Gasteiger partial charge on any atom is -0.405 e. The topological polar surface area (TPSA) is 24.9 Å². The van der Waals surface area contributed by atoms with Gasteiger partial charge in [-0.3, -0.25) is 0 Å². The summed E-state index contributed by atoms with van der Waals surface area (Å²) in [6.07, 6.45) is 2.64. The SMILES string of the molecule is Brc1cccc(N(c2ccccc2)c2ccccc2)c1.CCCC.c1ccc(N(c2ccccc2)c2cccc(B3OCCO3)c2)cc1. The van der Waals surface area contributed by atoms with E-state index in [-0.39, 0.29) is 7.12 Å². The number of hydrogen-bond acceptors (Lipinski definition) is 4. The van der Waals surface area contributed by atoms with Gasteiger partial charge >= 0.3 is 7.12 Å². The molecule has 0 spiro atoms. The summed E-state index contributed by atoms with van der Waals surface area (Å²) >= 11 is 3.55. The van der Waals surface area contributed by atoms with E-state index in [1.807, 2.05) is 36.4 Å². The van der Waals surface area contributed by atoms with Crippen LogP contribution in [-0.2, 0) is 9.31 Å². The molecule has 4 nitrogen and oxygen atoms in total. The van der Waals surface area contributed by atoms with Crippen molar-refractivity contribution in [2.45, 2.75) is 26.7 Å². The maximum Gasteiger partial charge on any atom is 0.494 e. The molecule has 7 rings (SSSR count). The van der Waals surface area contributed by atoms with E-state index >= 15 is 0 Å². The first-order valence-electron chi connectivity index (χ1n) is 16.6. The second kappa shape index (κ2) is 18.7. The van der Waals surface area contributed by atoms with Gasteiger partial charge in [-0.05, 0) is 84.3 Å². The molecule has 0 aromatic heterocycles. The van der Waals surface area contributed by atoms with Gasteiger partial charge in [-0.1, -0.05) is 134 Å². The van der Waals surface area contributed by atoms with Crippen LogP contribution in [0, 0.1) is 0 Å². The molecule has 1 aliphatic heterocycles. The van der Waals surface area contributed by atoms with Crippen LogP contribution in [0.25, 0.3) is 0 Å². The van der Waals surface area contributed by atoms with Gasteiger partial charge in [0.2, 0.25) is 0 Å². The number of halogens is 1. The first kappa shape index (κ1) is 34.7. The largest absolute Gasteiger partial charge is 0.494 e. The molecule has 6 aromatic carbocycles. The number of para-hydroxylation sites is 4. The van der Waals surface area contributed by atoms with E-state index < -0.39 is 0 Å². The molecule has 0 aliphatic carbocycles. The van der Waals surface area contributed by atoms with Crippen LogP contribution in [0.3, 0.4) is 0 Å². The summed E-state index contributed by atoms with van der Waals surface area (Å²) < 4.78 is 12.4. The maximum absolute atomic E-state index is 5.64. The number of nitrogens with zero attached hydrogens (tertiary/aromatic N) is 2. The fourth-order valence-electron chi connectivity index (χ4n) is 5.18. The zero-order valence-corrected chi connectivity index (χ0v) is 29.2. The zero-order chi connectivity index (χ0) is 33.4. The first-order chi connectivity index (χ1) is 23.7. The summed E-state index contributed by atoms with van der Waals surface area (Å²) in [4.78, 5) is 4.48. The van der Waals surface area contributed by atoms with Gasteiger partial charge in [0.05, 0.1) is 13.2 Å². The Morgan fingerprint density at radius 2 is 0.812 bits per heavy atom. The van der Waals surface area contributed by atoms with Crippen molar-refractivity contribution in [3.63, 3.8) is 0 Å². The minimum absolute atomic E-state index is 0.265. The third-order valence-electron chi connectivity index (χ3n) is 7.65. The summed E-state index contributed by atoms with van der Waals surface area (Å²) in [5.41, 5.74) is 7.81. The summed E-state index contributed by atoms with van der Waals surface area (Å²) in [5, 5.41) is 0. The van der Waals surface area contributed by atoms with Crippen LogP contribution >= 0.6 is 15.9 Å². The van der Waals surface area contributed by atoms with Gasteiger partial charge in [-0.2, -0.15) is 0 Å². The van der Waals surface area contributed by atoms with Crippen molar-refractivity contribution in [1.29, 1.82) is 0 Å². The Labute approximate surface area is 294 Å². The van der Waals surface area contributed by atoms with Crippen molar-refractivity contribution in [3.05, 3.63) is 174 Å². The van der Waals surface area contributed by atoms with Crippen LogP contribution in [0.1, 0.15) is 26.7 Å². The van der Waals surface area contributed by atoms with Crippen LogP contribution in [0.2, 0.25) is 0 Å². The average molecular weight is 698 g/mol. The Morgan fingerprint density at radius 3 is 1.19 bits per heavy atom. The summed E-state index contributed by atoms with van der Waals surface area (Å²) in [5.74, 6) is 0. The Balaban J connectivity index is 0.000000172. The predicted octanol–water partition coefficient (Wildman–Crippen LogP) is 11.6. The van der Waals surface area contributed by atoms with Crippen molar-refractivity contribution in [3.8, 4) is 0 Å². The lowest BCUT2D eigenvalue weighted by molar-refractivity contribution is 0.365. The van der Waals surface area contributed by atoms with E-state index in [9.17, 15) is 0 Å². The average Bonchev–Trinajstić information content (AvgIpc) is 3.70. The van der Waals surface area contributed by atoms with E-state index in [4.69, 9.17) is 9.31 Å². The number of hydrogen-bond donors (Lipinski definition) is 0. The third kappa shape index (κ3) is 9.71. The van der Waals surface area contributed by atoms with E-state index in [0.29, 0.717) is 13.2 Å². The monoisotopic (exact) mass is 696 g/mol. The van der Waals surface area contributed by atoms with Gasteiger partial charge in [0.15, 0.2) is 0 Å². The lowest BCUT2D eigenvalue weighted by atomic mass is 9.79. The minimum atomic E-state index is -0.265. The smallest absolute Gasteiger partial charge is 0.405 e. The highest BCUT2D eigenvalue weighted by Crippen LogP contribution is 2.35. The predicted molar refractivity (Wildman–Crippen MR) is 208 cm³/mol. The summed E-state index contributed by atoms with van der Waals surface area (Å²) in [6.45, 7) is 5.66. The maximum atomic E-state index is 5.64. The lowest BCUT2D eigenvalue weighted by Gasteiger charge is -2.26. The highest BCUT2D eigenvalue weighted by Gasteiger charge is 2.27. The molecule has 6 heteroatoms. The van der Waals surface area contributed by atoms with Crippen LogP contribution in [0.15, 0.2) is 174 Å². The fraction of sp³-hybridized carbons (Fsp3) is 0.143. The number of rotatable bonds is 8. The van der Waals surface area contributed by atoms with Gasteiger partial charge in [-0.25, -0.2) is 0 Å². The number of benzene rings is 6. The van der Waals surface area contributed by atoms with Crippen LogP contribution in [0.4, 0.5) is 34.1 Å². The highest BCUT2D eigenvalue weighted by molar-refractivity contribution is 9.10. The highest BCUT2D eigenvalue weighted by atomic mass is 79.9. The number of anilines is 6.